The summed E-state index contributed by atoms with van der Waals surface area (Å²) < 4.78 is 0. The Morgan fingerprint density at radius 1 is 1.17 bits per heavy atom. The molecular formula is C14H17N3O. The van der Waals surface area contributed by atoms with Crippen LogP contribution in [0.5, 0.6) is 0 Å². The molecule has 2 aromatic rings. The fourth-order valence-corrected chi connectivity index (χ4v) is 1.84. The summed E-state index contributed by atoms with van der Waals surface area (Å²) >= 11 is 0. The summed E-state index contributed by atoms with van der Waals surface area (Å²) in [6.07, 6.45) is 1.68. The second-order valence-electron chi connectivity index (χ2n) is 4.61. The minimum Gasteiger partial charge on any atom is -0.394 e. The number of aromatic amines is 1. The lowest BCUT2D eigenvalue weighted by Gasteiger charge is -2.10. The maximum atomic E-state index is 11.2. The van der Waals surface area contributed by atoms with Crippen LogP contribution in [-0.2, 0) is 6.54 Å². The van der Waals surface area contributed by atoms with Crippen molar-refractivity contribution in [3.63, 3.8) is 0 Å². The van der Waals surface area contributed by atoms with Crippen LogP contribution in [0.25, 0.3) is 11.1 Å². The highest BCUT2D eigenvalue weighted by Gasteiger charge is 2.01. The molecule has 94 valence electrons. The molecule has 0 amide bonds. The molecule has 0 saturated heterocycles. The van der Waals surface area contributed by atoms with Gasteiger partial charge in [-0.2, -0.15) is 0 Å². The quantitative estimate of drug-likeness (QED) is 0.862. The maximum absolute atomic E-state index is 11.2. The lowest BCUT2D eigenvalue weighted by atomic mass is 10.1. The van der Waals surface area contributed by atoms with Gasteiger partial charge in [0.05, 0.1) is 5.69 Å². The summed E-state index contributed by atoms with van der Waals surface area (Å²) in [5.41, 5.74) is 8.81. The van der Waals surface area contributed by atoms with Crippen molar-refractivity contribution < 1.29 is 0 Å². The van der Waals surface area contributed by atoms with E-state index in [4.69, 9.17) is 5.73 Å². The molecule has 0 aliphatic carbocycles. The number of anilines is 1. The fraction of sp³-hybridized carbons (Fsp3) is 0.214. The molecule has 4 nitrogen and oxygen atoms in total. The first-order valence-corrected chi connectivity index (χ1v) is 5.78. The molecule has 0 atom stereocenters. The predicted molar refractivity (Wildman–Crippen MR) is 74.3 cm³/mol. The van der Waals surface area contributed by atoms with Crippen molar-refractivity contribution in [2.75, 3.05) is 19.8 Å². The van der Waals surface area contributed by atoms with Gasteiger partial charge in [-0.1, -0.05) is 24.3 Å². The number of nitrogens with zero attached hydrogens (tertiary/aromatic N) is 1. The minimum absolute atomic E-state index is 0.241. The largest absolute Gasteiger partial charge is 0.394 e. The van der Waals surface area contributed by atoms with Crippen molar-refractivity contribution >= 4 is 5.69 Å². The summed E-state index contributed by atoms with van der Waals surface area (Å²) in [5, 5.41) is 0. The van der Waals surface area contributed by atoms with E-state index in [1.807, 2.05) is 26.2 Å². The van der Waals surface area contributed by atoms with Gasteiger partial charge in [-0.25, -0.2) is 0 Å². The van der Waals surface area contributed by atoms with Crippen molar-refractivity contribution in [1.82, 2.24) is 9.88 Å². The highest BCUT2D eigenvalue weighted by molar-refractivity contribution is 5.65. The Balaban J connectivity index is 2.28. The van der Waals surface area contributed by atoms with Crippen molar-refractivity contribution in [3.8, 4) is 11.1 Å². The van der Waals surface area contributed by atoms with Crippen LogP contribution >= 0.6 is 0 Å². The Morgan fingerprint density at radius 2 is 1.83 bits per heavy atom. The molecule has 0 bridgehead atoms. The highest BCUT2D eigenvalue weighted by atomic mass is 16.1. The Morgan fingerprint density at radius 3 is 2.39 bits per heavy atom. The van der Waals surface area contributed by atoms with Crippen LogP contribution in [0, 0.1) is 0 Å². The maximum Gasteiger partial charge on any atom is 0.271 e. The van der Waals surface area contributed by atoms with Gasteiger partial charge in [0, 0.05) is 18.3 Å². The van der Waals surface area contributed by atoms with Crippen LogP contribution in [0.1, 0.15) is 5.56 Å². The molecule has 18 heavy (non-hydrogen) atoms. The fourth-order valence-electron chi connectivity index (χ4n) is 1.84. The molecular weight excluding hydrogens is 226 g/mol. The molecule has 0 spiro atoms. The molecule has 0 aliphatic rings. The number of hydrogen-bond acceptors (Lipinski definition) is 3. The number of nitrogen functional groups attached to an aromatic ring is 1. The zero-order valence-corrected chi connectivity index (χ0v) is 10.6. The average Bonchev–Trinajstić information content (AvgIpc) is 2.33. The summed E-state index contributed by atoms with van der Waals surface area (Å²) in [7, 11) is 4.08. The van der Waals surface area contributed by atoms with E-state index in [1.54, 1.807) is 12.3 Å². The summed E-state index contributed by atoms with van der Waals surface area (Å²) in [4.78, 5) is 15.9. The number of rotatable bonds is 3. The predicted octanol–water partition coefficient (Wildman–Crippen LogP) is 1.69. The van der Waals surface area contributed by atoms with Gasteiger partial charge < -0.3 is 15.6 Å². The molecule has 3 N–H and O–H groups in total. The molecule has 2 rings (SSSR count). The van der Waals surface area contributed by atoms with Crippen molar-refractivity contribution in [1.29, 1.82) is 0 Å². The Hall–Kier alpha value is -2.07. The normalized spacial score (nSPS) is 10.8. The van der Waals surface area contributed by atoms with Crippen molar-refractivity contribution in [2.24, 2.45) is 0 Å². The van der Waals surface area contributed by atoms with Crippen LogP contribution in [0.2, 0.25) is 0 Å². The standard InChI is InChI=1S/C14H17N3O/c1-17(2)9-10-3-5-11(6-4-10)12-7-13(15)14(18)16-8-12/h3-8H,9,15H2,1-2H3,(H,16,18). The van der Waals surface area contributed by atoms with Crippen LogP contribution in [-0.4, -0.2) is 24.0 Å². The molecule has 0 aliphatic heterocycles. The van der Waals surface area contributed by atoms with Crippen molar-refractivity contribution in [2.45, 2.75) is 6.54 Å². The van der Waals surface area contributed by atoms with Gasteiger partial charge in [-0.15, -0.1) is 0 Å². The van der Waals surface area contributed by atoms with E-state index < -0.39 is 0 Å². The van der Waals surface area contributed by atoms with Gasteiger partial charge in [0.1, 0.15) is 0 Å². The lowest BCUT2D eigenvalue weighted by Crippen LogP contribution is -2.11. The van der Waals surface area contributed by atoms with Gasteiger partial charge in [0.2, 0.25) is 0 Å². The Labute approximate surface area is 106 Å². The van der Waals surface area contributed by atoms with Gasteiger partial charge in [-0.05, 0) is 31.3 Å². The van der Waals surface area contributed by atoms with E-state index in [9.17, 15) is 4.79 Å². The highest BCUT2D eigenvalue weighted by Crippen LogP contribution is 2.19. The first-order chi connectivity index (χ1) is 8.56. The van der Waals surface area contributed by atoms with E-state index in [2.05, 4.69) is 22.0 Å². The number of aromatic nitrogens is 1. The Bertz CT molecular complexity index is 585. The zero-order chi connectivity index (χ0) is 13.1. The van der Waals surface area contributed by atoms with E-state index >= 15 is 0 Å². The number of nitrogens with one attached hydrogen (secondary N) is 1. The average molecular weight is 243 g/mol. The van der Waals surface area contributed by atoms with E-state index in [-0.39, 0.29) is 11.2 Å². The SMILES string of the molecule is CN(C)Cc1ccc(-c2c[nH]c(=O)c(N)c2)cc1. The summed E-state index contributed by atoms with van der Waals surface area (Å²) in [5.74, 6) is 0. The molecule has 1 aromatic carbocycles. The van der Waals surface area contributed by atoms with Gasteiger partial charge >= 0.3 is 0 Å². The molecule has 4 heteroatoms. The zero-order valence-electron chi connectivity index (χ0n) is 10.6. The second-order valence-corrected chi connectivity index (χ2v) is 4.61. The molecule has 0 fully saturated rings. The number of pyridine rings is 1. The van der Waals surface area contributed by atoms with Gasteiger partial charge in [0.25, 0.3) is 5.56 Å². The van der Waals surface area contributed by atoms with Crippen LogP contribution < -0.4 is 11.3 Å². The monoisotopic (exact) mass is 243 g/mol. The first kappa shape index (κ1) is 12.4. The van der Waals surface area contributed by atoms with Gasteiger partial charge in [0.15, 0.2) is 0 Å². The first-order valence-electron chi connectivity index (χ1n) is 5.78. The molecule has 1 heterocycles. The van der Waals surface area contributed by atoms with E-state index in [0.717, 1.165) is 17.7 Å². The summed E-state index contributed by atoms with van der Waals surface area (Å²) in [6.45, 7) is 0.911. The number of nitrogens with two attached hydrogens (primary N) is 1. The molecule has 0 radical (unpaired) electrons. The molecule has 1 aromatic heterocycles. The Kier molecular flexibility index (Phi) is 3.48. The lowest BCUT2D eigenvalue weighted by molar-refractivity contribution is 0.402. The smallest absolute Gasteiger partial charge is 0.271 e. The van der Waals surface area contributed by atoms with E-state index in [0.29, 0.717) is 0 Å². The topological polar surface area (TPSA) is 62.1 Å². The van der Waals surface area contributed by atoms with Crippen LogP contribution in [0.3, 0.4) is 0 Å². The number of hydrogen-bond donors (Lipinski definition) is 2. The number of H-pyrrole nitrogens is 1. The van der Waals surface area contributed by atoms with Crippen molar-refractivity contribution in [3.05, 3.63) is 52.4 Å². The third kappa shape index (κ3) is 2.78. The molecule has 0 unspecified atom stereocenters. The van der Waals surface area contributed by atoms with Gasteiger partial charge in [-0.3, -0.25) is 4.79 Å². The third-order valence-corrected chi connectivity index (χ3v) is 2.72. The molecule has 0 saturated carbocycles. The number of benzene rings is 1. The second kappa shape index (κ2) is 5.06. The van der Waals surface area contributed by atoms with Crippen LogP contribution in [0.15, 0.2) is 41.3 Å². The minimum atomic E-state index is -0.247. The summed E-state index contributed by atoms with van der Waals surface area (Å²) in [6, 6.07) is 9.92. The third-order valence-electron chi connectivity index (χ3n) is 2.72. The van der Waals surface area contributed by atoms with E-state index in [1.165, 1.54) is 5.56 Å². The van der Waals surface area contributed by atoms with Crippen LogP contribution in [0.4, 0.5) is 5.69 Å².